The van der Waals surface area contributed by atoms with Gasteiger partial charge in [0.05, 0.1) is 18.8 Å². The number of carbonyl (C=O) groups is 1. The van der Waals surface area contributed by atoms with Crippen LogP contribution in [0, 0.1) is 11.3 Å². The first-order chi connectivity index (χ1) is 10.0. The van der Waals surface area contributed by atoms with Crippen LogP contribution in [0.1, 0.15) is 5.56 Å². The van der Waals surface area contributed by atoms with Crippen molar-refractivity contribution in [1.29, 1.82) is 5.53 Å². The third-order valence-corrected chi connectivity index (χ3v) is 2.90. The fraction of sp³-hybridized carbons (Fsp3) is 0.333. The third-order valence-electron chi connectivity index (χ3n) is 2.55. The minimum absolute atomic E-state index is 0.115. The number of nitrogens with zero attached hydrogens (tertiary/aromatic N) is 3. The molecule has 0 atom stereocenters. The van der Waals surface area contributed by atoms with Crippen molar-refractivity contribution >= 4 is 29.5 Å². The van der Waals surface area contributed by atoms with Crippen molar-refractivity contribution < 1.29 is 19.1 Å². The Kier molecular flexibility index (Phi) is 6.70. The Morgan fingerprint density at radius 1 is 1.62 bits per heavy atom. The lowest BCUT2D eigenvalue weighted by atomic mass is 10.1. The first-order valence-electron chi connectivity index (χ1n) is 5.87. The van der Waals surface area contributed by atoms with Crippen LogP contribution < -0.4 is 4.90 Å². The van der Waals surface area contributed by atoms with E-state index in [0.29, 0.717) is 5.56 Å². The monoisotopic (exact) mass is 316 g/mol. The maximum atomic E-state index is 14.0. The van der Waals surface area contributed by atoms with Crippen LogP contribution in [0.2, 0.25) is 5.02 Å². The summed E-state index contributed by atoms with van der Waals surface area (Å²) in [6.07, 6.45) is 1.69. The number of carbonyl (C=O) groups excluding carboxylic acids is 1. The van der Waals surface area contributed by atoms with Gasteiger partial charge in [0, 0.05) is 17.7 Å². The summed E-state index contributed by atoms with van der Waals surface area (Å²) in [5.41, 5.74) is 7.13. The number of nitrogens with one attached hydrogen (secondary N) is 1. The maximum Gasteiger partial charge on any atom is 0.366 e. The molecule has 9 heteroatoms. The Morgan fingerprint density at radius 3 is 2.90 bits per heavy atom. The molecule has 0 fully saturated rings. The molecule has 2 N–H and O–H groups in total. The van der Waals surface area contributed by atoms with Crippen molar-refractivity contribution in [3.63, 3.8) is 0 Å². The van der Waals surface area contributed by atoms with Gasteiger partial charge in [-0.1, -0.05) is 21.9 Å². The number of oxime groups is 1. The highest BCUT2D eigenvalue weighted by Gasteiger charge is 2.20. The largest absolute Gasteiger partial charge is 0.399 e. The van der Waals surface area contributed by atoms with E-state index >= 15 is 0 Å². The van der Waals surface area contributed by atoms with E-state index in [-0.39, 0.29) is 23.7 Å². The molecule has 0 unspecified atom stereocenters. The van der Waals surface area contributed by atoms with Gasteiger partial charge < -0.3 is 9.94 Å². The summed E-state index contributed by atoms with van der Waals surface area (Å²) < 4.78 is 14.0. The molecule has 0 aliphatic heterocycles. The van der Waals surface area contributed by atoms with Gasteiger partial charge in [0.1, 0.15) is 12.9 Å². The summed E-state index contributed by atoms with van der Waals surface area (Å²) in [5, 5.41) is 15.4. The Morgan fingerprint density at radius 2 is 2.33 bits per heavy atom. The molecule has 2 amide bonds. The quantitative estimate of drug-likeness (QED) is 0.479. The molecule has 0 aliphatic rings. The Hall–Kier alpha value is -2.06. The normalized spacial score (nSPS) is 10.7. The van der Waals surface area contributed by atoms with Crippen LogP contribution in [0.5, 0.6) is 0 Å². The fourth-order valence-electron chi connectivity index (χ4n) is 1.63. The lowest BCUT2D eigenvalue weighted by Crippen LogP contribution is -2.31. The molecule has 21 heavy (non-hydrogen) atoms. The van der Waals surface area contributed by atoms with E-state index in [1.165, 1.54) is 19.4 Å². The van der Waals surface area contributed by atoms with Crippen LogP contribution in [0.15, 0.2) is 22.4 Å². The van der Waals surface area contributed by atoms with Crippen molar-refractivity contribution in [3.8, 4) is 0 Å². The number of benzene rings is 1. The van der Waals surface area contributed by atoms with Crippen molar-refractivity contribution in [2.75, 3.05) is 25.2 Å². The van der Waals surface area contributed by atoms with Gasteiger partial charge in [-0.15, -0.1) is 0 Å². The Balaban J connectivity index is 3.20. The second-order valence-corrected chi connectivity index (χ2v) is 4.25. The van der Waals surface area contributed by atoms with Crippen LogP contribution in [-0.2, 0) is 11.3 Å². The Labute approximate surface area is 125 Å². The summed E-state index contributed by atoms with van der Waals surface area (Å²) in [6, 6.07) is 1.41. The van der Waals surface area contributed by atoms with Crippen LogP contribution in [0.3, 0.4) is 0 Å². The van der Waals surface area contributed by atoms with Gasteiger partial charge in [-0.2, -0.15) is 5.53 Å². The molecular formula is C12H14ClFN4O3. The summed E-state index contributed by atoms with van der Waals surface area (Å²) >= 11 is 5.92. The molecule has 1 aromatic rings. The standard InChI is InChI=1S/C12H14ClFN4O3/c1-21-16-3-2-8-6-11(10(14)7-9(8)13)18(4-5-19)12(20)17-15/h3,6-7,15,19H,2,4-5H2,1H3. The summed E-state index contributed by atoms with van der Waals surface area (Å²) in [5.74, 6) is -0.752. The third kappa shape index (κ3) is 4.47. The molecule has 0 heterocycles. The van der Waals surface area contributed by atoms with Gasteiger partial charge in [0.15, 0.2) is 0 Å². The molecule has 0 radical (unpaired) electrons. The van der Waals surface area contributed by atoms with Crippen LogP contribution in [0.4, 0.5) is 14.9 Å². The molecule has 0 spiro atoms. The molecule has 1 aromatic carbocycles. The smallest absolute Gasteiger partial charge is 0.366 e. The lowest BCUT2D eigenvalue weighted by molar-refractivity contribution is 0.215. The van der Waals surface area contributed by atoms with Gasteiger partial charge in [-0.3, -0.25) is 4.90 Å². The molecule has 0 aliphatic carbocycles. The minimum atomic E-state index is -0.984. The lowest BCUT2D eigenvalue weighted by Gasteiger charge is -2.20. The summed E-state index contributed by atoms with van der Waals surface area (Å²) in [4.78, 5) is 16.9. The van der Waals surface area contributed by atoms with Gasteiger partial charge in [-0.05, 0) is 17.7 Å². The summed E-state index contributed by atoms with van der Waals surface area (Å²) in [6.45, 7) is -0.588. The van der Waals surface area contributed by atoms with E-state index in [1.54, 1.807) is 0 Å². The first kappa shape index (κ1) is 17.0. The predicted octanol–water partition coefficient (Wildman–Crippen LogP) is 2.60. The minimum Gasteiger partial charge on any atom is -0.399 e. The molecule has 114 valence electrons. The zero-order valence-electron chi connectivity index (χ0n) is 11.2. The van der Waals surface area contributed by atoms with Gasteiger partial charge in [0.2, 0.25) is 0 Å². The highest BCUT2D eigenvalue weighted by Crippen LogP contribution is 2.27. The van der Waals surface area contributed by atoms with Crippen LogP contribution >= 0.6 is 11.6 Å². The average molecular weight is 317 g/mol. The fourth-order valence-corrected chi connectivity index (χ4v) is 1.86. The number of halogens is 2. The maximum absolute atomic E-state index is 14.0. The number of amides is 2. The van der Waals surface area contributed by atoms with Crippen LogP contribution in [0.25, 0.3) is 0 Å². The van der Waals surface area contributed by atoms with E-state index in [0.717, 1.165) is 11.0 Å². The first-order valence-corrected chi connectivity index (χ1v) is 6.25. The van der Waals surface area contributed by atoms with E-state index in [9.17, 15) is 9.18 Å². The molecular weight excluding hydrogens is 303 g/mol. The topological polar surface area (TPSA) is 98.3 Å². The van der Waals surface area contributed by atoms with Crippen molar-refractivity contribution in [1.82, 2.24) is 0 Å². The molecule has 0 saturated carbocycles. The van der Waals surface area contributed by atoms with E-state index in [4.69, 9.17) is 22.2 Å². The number of aliphatic hydroxyl groups excluding tert-OH is 1. The number of rotatable bonds is 6. The van der Waals surface area contributed by atoms with E-state index < -0.39 is 18.5 Å². The van der Waals surface area contributed by atoms with Crippen molar-refractivity contribution in [3.05, 3.63) is 28.5 Å². The van der Waals surface area contributed by atoms with E-state index in [2.05, 4.69) is 15.1 Å². The number of aliphatic hydroxyl groups is 1. The zero-order chi connectivity index (χ0) is 15.8. The molecule has 0 saturated heterocycles. The number of hydrogen-bond acceptors (Lipinski definition) is 5. The molecule has 0 aromatic heterocycles. The number of anilines is 1. The second-order valence-electron chi connectivity index (χ2n) is 3.84. The zero-order valence-corrected chi connectivity index (χ0v) is 12.0. The highest BCUT2D eigenvalue weighted by atomic mass is 35.5. The number of hydrogen-bond donors (Lipinski definition) is 2. The van der Waals surface area contributed by atoms with Gasteiger partial charge >= 0.3 is 6.03 Å². The molecule has 1 rings (SSSR count). The van der Waals surface area contributed by atoms with E-state index in [1.807, 2.05) is 0 Å². The van der Waals surface area contributed by atoms with Gasteiger partial charge in [0.25, 0.3) is 0 Å². The summed E-state index contributed by atoms with van der Waals surface area (Å²) in [7, 11) is 1.38. The Bertz CT molecular complexity index is 554. The SMILES string of the molecule is CON=CCc1cc(N(CCO)C(=O)N=N)c(F)cc1Cl. The highest BCUT2D eigenvalue weighted by molar-refractivity contribution is 6.31. The van der Waals surface area contributed by atoms with Gasteiger partial charge in [-0.25, -0.2) is 9.18 Å². The van der Waals surface area contributed by atoms with Crippen LogP contribution in [-0.4, -0.2) is 37.6 Å². The molecule has 0 bridgehead atoms. The average Bonchev–Trinajstić information content (AvgIpc) is 2.47. The van der Waals surface area contributed by atoms with Crippen molar-refractivity contribution in [2.45, 2.75) is 6.42 Å². The second kappa shape index (κ2) is 8.28. The molecule has 7 nitrogen and oxygen atoms in total. The van der Waals surface area contributed by atoms with Crippen molar-refractivity contribution in [2.24, 2.45) is 10.3 Å². The number of urea groups is 1. The predicted molar refractivity (Wildman–Crippen MR) is 75.6 cm³/mol.